The highest BCUT2D eigenvalue weighted by Crippen LogP contribution is 2.47. The topological polar surface area (TPSA) is 252 Å². The van der Waals surface area contributed by atoms with Crippen molar-refractivity contribution in [3.05, 3.63) is 118 Å². The van der Waals surface area contributed by atoms with Crippen LogP contribution in [0.4, 0.5) is 17.6 Å². The quantitative estimate of drug-likeness (QED) is 0.0229. The van der Waals surface area contributed by atoms with E-state index >= 15 is 0 Å². The number of hydrogen-bond acceptors (Lipinski definition) is 18. The van der Waals surface area contributed by atoms with Gasteiger partial charge in [0.15, 0.2) is 46.0 Å². The lowest BCUT2D eigenvalue weighted by Gasteiger charge is -2.35. The van der Waals surface area contributed by atoms with Crippen molar-refractivity contribution in [1.82, 2.24) is 10.6 Å². The molecule has 0 aromatic heterocycles. The smallest absolute Gasteiger partial charge is 0.387 e. The van der Waals surface area contributed by atoms with Gasteiger partial charge in [-0.05, 0) is 224 Å². The number of carbonyl (C=O) groups excluding carboxylic acids is 3. The van der Waals surface area contributed by atoms with Gasteiger partial charge >= 0.3 is 31.1 Å². The summed E-state index contributed by atoms with van der Waals surface area (Å²) in [6.45, 7) is 0.142. The highest BCUT2D eigenvalue weighted by Gasteiger charge is 2.46. The Hall–Kier alpha value is -8.86. The largest absolute Gasteiger partial charge is 0.493 e. The van der Waals surface area contributed by atoms with Gasteiger partial charge in [-0.15, -0.1) is 0 Å². The van der Waals surface area contributed by atoms with Crippen LogP contribution >= 0.6 is 0 Å². The van der Waals surface area contributed by atoms with E-state index in [1.165, 1.54) is 57.1 Å². The summed E-state index contributed by atoms with van der Waals surface area (Å²) in [5.74, 6) is 1.46. The molecule has 8 fully saturated rings. The maximum absolute atomic E-state index is 13.5. The van der Waals surface area contributed by atoms with E-state index in [1.807, 2.05) is 26.0 Å². The molecule has 19 nitrogen and oxygen atoms in total. The fraction of sp³-hybridized carbons (Fsp3) is 0.564. The van der Waals surface area contributed by atoms with E-state index in [9.17, 15) is 52.4 Å². The number of nitriles is 2. The first-order valence-corrected chi connectivity index (χ1v) is 35.7. The minimum atomic E-state index is -3.00. The molecule has 0 spiro atoms. The second-order valence-electron chi connectivity index (χ2n) is 27.7. The summed E-state index contributed by atoms with van der Waals surface area (Å²) in [6.07, 6.45) is 18.2. The van der Waals surface area contributed by atoms with Crippen LogP contribution in [0.1, 0.15) is 196 Å². The molecule has 3 N–H and O–H groups in total. The number of carbonyl (C=O) groups is 4. The van der Waals surface area contributed by atoms with Gasteiger partial charge in [0.2, 0.25) is 0 Å². The number of benzene rings is 4. The van der Waals surface area contributed by atoms with Gasteiger partial charge in [-0.25, -0.2) is 9.59 Å². The SMILES string of the molecule is CCC(C(=O)O)=C1CC(c2ccc(OC)c(OC3CCCC3)c2)CN1.CCC(C(=O)OC1CCC(C#N)(c2ccc(OC(F)F)c(OCC3CC3)c2)CC1)=C1CC(c2ccc(OC)c(OC3CCCC3)c2)CN1.COC(=O)[C@H]1C[C@@](C#N)(c2ccc(OC(F)F)c(OCC3CC3)c2)CCC1=O. The van der Waals surface area contributed by atoms with Crippen LogP contribution in [0.5, 0.6) is 46.0 Å². The van der Waals surface area contributed by atoms with Crippen molar-refractivity contribution in [1.29, 1.82) is 10.5 Å². The van der Waals surface area contributed by atoms with Gasteiger partial charge in [0, 0.05) is 42.7 Å². The van der Waals surface area contributed by atoms with E-state index in [-0.39, 0.29) is 84.2 Å². The van der Waals surface area contributed by atoms with Gasteiger partial charge in [-0.2, -0.15) is 28.1 Å². The molecule has 0 amide bonds. The number of carboxylic acid groups (broad SMARTS) is 1. The summed E-state index contributed by atoms with van der Waals surface area (Å²) in [7, 11) is 4.51. The van der Waals surface area contributed by atoms with Gasteiger partial charge < -0.3 is 63.1 Å². The molecule has 2 saturated heterocycles. The second kappa shape index (κ2) is 34.7. The molecule has 0 radical (unpaired) electrons. The molecular weight excluding hydrogens is 1310 g/mol. The molecule has 6 aliphatic carbocycles. The van der Waals surface area contributed by atoms with Crippen LogP contribution < -0.4 is 48.5 Å². The average Bonchev–Trinajstić information content (AvgIpc) is 1.57. The van der Waals surface area contributed by atoms with E-state index in [0.29, 0.717) is 98.8 Å². The molecule has 544 valence electrons. The zero-order chi connectivity index (χ0) is 71.8. The van der Waals surface area contributed by atoms with E-state index < -0.39 is 41.9 Å². The van der Waals surface area contributed by atoms with Crippen molar-refractivity contribution < 1.29 is 89.2 Å². The fourth-order valence-corrected chi connectivity index (χ4v) is 14.6. The molecule has 4 aromatic carbocycles. The van der Waals surface area contributed by atoms with Gasteiger partial charge in [0.1, 0.15) is 17.8 Å². The number of hydrogen-bond donors (Lipinski definition) is 3. The number of Topliss-reactive ketones (excluding diaryl/α,β-unsaturated/α-hetero) is 1. The number of halogens is 4. The summed E-state index contributed by atoms with van der Waals surface area (Å²) < 4.78 is 107. The third kappa shape index (κ3) is 19.2. The average molecular weight is 1400 g/mol. The Morgan fingerprint density at radius 2 is 1.02 bits per heavy atom. The molecule has 4 aromatic rings. The van der Waals surface area contributed by atoms with Crippen LogP contribution in [0.15, 0.2) is 95.3 Å². The molecule has 12 rings (SSSR count). The normalized spacial score (nSPS) is 24.4. The first kappa shape index (κ1) is 74.8. The van der Waals surface area contributed by atoms with Crippen molar-refractivity contribution in [3.8, 4) is 58.1 Å². The number of rotatable bonds is 26. The van der Waals surface area contributed by atoms with Crippen LogP contribution in [0.3, 0.4) is 0 Å². The number of allylic oxidation sites excluding steroid dienone is 2. The Bertz CT molecular complexity index is 3700. The first-order chi connectivity index (χ1) is 48.8. The number of esters is 2. The summed E-state index contributed by atoms with van der Waals surface area (Å²) in [5.41, 5.74) is 4.46. The molecule has 23 heteroatoms. The summed E-state index contributed by atoms with van der Waals surface area (Å²) in [6, 6.07) is 26.1. The monoisotopic (exact) mass is 1400 g/mol. The van der Waals surface area contributed by atoms with E-state index in [0.717, 1.165) is 110 Å². The lowest BCUT2D eigenvalue weighted by atomic mass is 9.66. The molecule has 0 bridgehead atoms. The molecule has 2 heterocycles. The van der Waals surface area contributed by atoms with Gasteiger partial charge in [-0.3, -0.25) is 9.59 Å². The molecule has 4 atom stereocenters. The highest BCUT2D eigenvalue weighted by atomic mass is 19.3. The van der Waals surface area contributed by atoms with Gasteiger partial charge in [-0.1, -0.05) is 38.1 Å². The predicted molar refractivity (Wildman–Crippen MR) is 365 cm³/mol. The van der Waals surface area contributed by atoms with Crippen molar-refractivity contribution in [3.63, 3.8) is 0 Å². The van der Waals surface area contributed by atoms with Crippen molar-refractivity contribution in [2.45, 2.75) is 216 Å². The number of nitrogens with zero attached hydrogens (tertiary/aromatic N) is 2. The Kier molecular flexibility index (Phi) is 25.7. The zero-order valence-corrected chi connectivity index (χ0v) is 58.4. The van der Waals surface area contributed by atoms with Crippen LogP contribution in [-0.4, -0.2) is 108 Å². The van der Waals surface area contributed by atoms with Gasteiger partial charge in [0.25, 0.3) is 0 Å². The van der Waals surface area contributed by atoms with Crippen LogP contribution in [0.25, 0.3) is 0 Å². The first-order valence-electron chi connectivity index (χ1n) is 35.7. The molecule has 101 heavy (non-hydrogen) atoms. The Balaban J connectivity index is 0.000000177. The van der Waals surface area contributed by atoms with Crippen LogP contribution in [-0.2, 0) is 39.5 Å². The summed E-state index contributed by atoms with van der Waals surface area (Å²) >= 11 is 0. The number of methoxy groups -OCH3 is 3. The molecule has 2 unspecified atom stereocenters. The number of aliphatic carboxylic acids is 1. The number of nitrogens with one attached hydrogen (secondary N) is 2. The Morgan fingerprint density at radius 1 is 0.564 bits per heavy atom. The lowest BCUT2D eigenvalue weighted by Crippen LogP contribution is -2.40. The third-order valence-corrected chi connectivity index (χ3v) is 21.0. The molecular formula is C78H94F4N4O15. The highest BCUT2D eigenvalue weighted by molar-refractivity contribution is 6.00. The summed E-state index contributed by atoms with van der Waals surface area (Å²) in [5, 5.41) is 36.3. The van der Waals surface area contributed by atoms with Gasteiger partial charge in [0.05, 0.1) is 80.9 Å². The maximum Gasteiger partial charge on any atom is 0.387 e. The standard InChI is InChI=1S/C38H46F2N2O6.C20H21F2NO5.C20H27NO4/c1-3-30(31-18-26(21-42-31)25-10-12-32(44-2)35(19-25)46-28-6-4-5-7-28)36(43)47-29-14-16-38(23-41,17-15-29)27-11-13-33(48-37(39)40)34(20-27)45-22-24-8-9-24;1-26-18(25)14-9-20(11-23,7-6-15(14)24)13-4-5-16(28-19(21)22)17(8-13)27-10-12-2-3-12;1-3-16(20(22)23)17-10-14(12-21-17)13-8-9-18(24-2)19(11-13)25-15-6-4-5-7-15/h10-13,19-20,24,26,28-29,37,42H,3-9,14-18,21-22H2,1-2H3;4-5,8,12,14,19H,2-3,6-7,9-10H2,1H3;8-9,11,14-15,21H,3-7,10,12H2,1-2H3,(H,22,23)/t;14-,20-;/m.0./s1. The number of ketones is 1. The lowest BCUT2D eigenvalue weighted by molar-refractivity contribution is -0.151. The van der Waals surface area contributed by atoms with Crippen molar-refractivity contribution in [2.75, 3.05) is 47.6 Å². The third-order valence-electron chi connectivity index (χ3n) is 21.0. The molecule has 6 saturated carbocycles. The van der Waals surface area contributed by atoms with E-state index in [2.05, 4.69) is 51.8 Å². The minimum absolute atomic E-state index is 0.0217. The molecule has 2 aliphatic heterocycles. The van der Waals surface area contributed by atoms with E-state index in [1.54, 1.807) is 26.4 Å². The minimum Gasteiger partial charge on any atom is -0.493 e. The van der Waals surface area contributed by atoms with Crippen molar-refractivity contribution in [2.24, 2.45) is 17.8 Å². The number of carboxylic acids is 1. The Labute approximate surface area is 588 Å². The zero-order valence-electron chi connectivity index (χ0n) is 58.4. The van der Waals surface area contributed by atoms with Crippen LogP contribution in [0, 0.1) is 40.4 Å². The van der Waals surface area contributed by atoms with E-state index in [4.69, 9.17) is 42.6 Å². The second-order valence-corrected chi connectivity index (χ2v) is 27.7. The van der Waals surface area contributed by atoms with Crippen LogP contribution in [0.2, 0.25) is 0 Å². The maximum atomic E-state index is 13.5. The number of ether oxygens (including phenoxy) is 10. The Morgan fingerprint density at radius 3 is 1.44 bits per heavy atom. The summed E-state index contributed by atoms with van der Waals surface area (Å²) in [4.78, 5) is 48.9. The number of alkyl halides is 4. The van der Waals surface area contributed by atoms with Crippen molar-refractivity contribution >= 4 is 23.7 Å². The fourth-order valence-electron chi connectivity index (χ4n) is 14.6. The molecule has 8 aliphatic rings. The predicted octanol–water partition coefficient (Wildman–Crippen LogP) is 15.3.